The van der Waals surface area contributed by atoms with Crippen LogP contribution in [0.4, 0.5) is 0 Å². The number of hydrogen-bond acceptors (Lipinski definition) is 4. The summed E-state index contributed by atoms with van der Waals surface area (Å²) < 4.78 is 12.1. The molecule has 0 saturated heterocycles. The molecule has 0 aliphatic rings. The van der Waals surface area contributed by atoms with Gasteiger partial charge in [-0.3, -0.25) is 4.79 Å². The number of rotatable bonds is 8. The highest BCUT2D eigenvalue weighted by molar-refractivity contribution is 7.93. The number of amides is 1. The van der Waals surface area contributed by atoms with E-state index < -0.39 is 11.2 Å². The Morgan fingerprint density at radius 2 is 2.35 bits per heavy atom. The Kier molecular flexibility index (Phi) is 7.87. The third-order valence-corrected chi connectivity index (χ3v) is 5.14. The van der Waals surface area contributed by atoms with Crippen molar-refractivity contribution in [2.75, 3.05) is 12.3 Å². The topological polar surface area (TPSA) is 65.0 Å². The Bertz CT molecular complexity index is 444. The van der Waals surface area contributed by atoms with Crippen molar-refractivity contribution in [1.82, 2.24) is 10.3 Å². The largest absolute Gasteiger partial charge is 0.610 e. The predicted molar refractivity (Wildman–Crippen MR) is 84.6 cm³/mol. The minimum Gasteiger partial charge on any atom is -0.610 e. The van der Waals surface area contributed by atoms with Crippen LogP contribution in [0.25, 0.3) is 0 Å². The first-order valence-electron chi connectivity index (χ1n) is 6.83. The first-order chi connectivity index (χ1) is 9.54. The van der Waals surface area contributed by atoms with Crippen LogP contribution in [-0.4, -0.2) is 27.7 Å². The number of carbonyl (C=O) groups excluding carboxylic acids is 1. The van der Waals surface area contributed by atoms with Crippen LogP contribution >= 0.6 is 11.3 Å². The lowest BCUT2D eigenvalue weighted by molar-refractivity contribution is 0.0957. The Morgan fingerprint density at radius 3 is 3.00 bits per heavy atom. The van der Waals surface area contributed by atoms with E-state index in [1.807, 2.05) is 6.92 Å². The van der Waals surface area contributed by atoms with Gasteiger partial charge in [0.25, 0.3) is 5.91 Å². The van der Waals surface area contributed by atoms with Gasteiger partial charge in [-0.1, -0.05) is 37.3 Å². The molecule has 20 heavy (non-hydrogen) atoms. The lowest BCUT2D eigenvalue weighted by atomic mass is 10.2. The third-order valence-electron chi connectivity index (χ3n) is 2.52. The highest BCUT2D eigenvalue weighted by atomic mass is 32.2. The number of thiazole rings is 1. The van der Waals surface area contributed by atoms with Crippen LogP contribution in [0.1, 0.15) is 43.3 Å². The van der Waals surface area contributed by atoms with Gasteiger partial charge >= 0.3 is 4.34 Å². The average Bonchev–Trinajstić information content (AvgIpc) is 2.91. The molecule has 6 heteroatoms. The van der Waals surface area contributed by atoms with E-state index in [0.29, 0.717) is 27.4 Å². The smallest absolute Gasteiger partial charge is 0.302 e. The molecule has 0 bridgehead atoms. The van der Waals surface area contributed by atoms with Gasteiger partial charge in [-0.2, -0.15) is 4.98 Å². The minimum atomic E-state index is -1.08. The van der Waals surface area contributed by atoms with Crippen molar-refractivity contribution in [2.24, 2.45) is 5.92 Å². The van der Waals surface area contributed by atoms with Crippen molar-refractivity contribution < 1.29 is 9.35 Å². The standard InChI is InChI=1S/C14H22N2O2S2/c1-4-20(18)14-16-10-12(19-14)13(17)15-9-7-5-6-8-11(2)3/h6,8,10-11H,4-5,7,9H2,1-3H3,(H,15,17)/b8-6-. The first kappa shape index (κ1) is 17.2. The number of hydrogen-bond donors (Lipinski definition) is 1. The summed E-state index contributed by atoms with van der Waals surface area (Å²) >= 11 is 0.126. The zero-order chi connectivity index (χ0) is 15.0. The Labute approximate surface area is 127 Å². The summed E-state index contributed by atoms with van der Waals surface area (Å²) in [6.07, 6.45) is 7.69. The van der Waals surface area contributed by atoms with Crippen LogP contribution in [-0.2, 0) is 11.2 Å². The van der Waals surface area contributed by atoms with E-state index in [0.717, 1.165) is 12.8 Å². The van der Waals surface area contributed by atoms with Crippen LogP contribution in [0.15, 0.2) is 22.7 Å². The average molecular weight is 314 g/mol. The number of carbonyl (C=O) groups is 1. The summed E-state index contributed by atoms with van der Waals surface area (Å²) in [6, 6.07) is 0. The summed E-state index contributed by atoms with van der Waals surface area (Å²) in [5.41, 5.74) is 0. The van der Waals surface area contributed by atoms with E-state index in [1.54, 1.807) is 0 Å². The number of nitrogens with zero attached hydrogens (tertiary/aromatic N) is 1. The van der Waals surface area contributed by atoms with Crippen LogP contribution in [0.5, 0.6) is 0 Å². The zero-order valence-electron chi connectivity index (χ0n) is 12.2. The second-order valence-electron chi connectivity index (χ2n) is 4.69. The van der Waals surface area contributed by atoms with E-state index in [9.17, 15) is 9.35 Å². The molecule has 1 heterocycles. The molecule has 112 valence electrons. The van der Waals surface area contributed by atoms with Crippen LogP contribution < -0.4 is 5.32 Å². The lowest BCUT2D eigenvalue weighted by Crippen LogP contribution is -2.23. The van der Waals surface area contributed by atoms with Crippen molar-refractivity contribution in [3.63, 3.8) is 0 Å². The van der Waals surface area contributed by atoms with Crippen molar-refractivity contribution in [3.8, 4) is 0 Å². The van der Waals surface area contributed by atoms with Gasteiger partial charge in [0.15, 0.2) is 0 Å². The molecule has 0 aliphatic heterocycles. The molecule has 1 unspecified atom stereocenters. The molecular weight excluding hydrogens is 292 g/mol. The fraction of sp³-hybridized carbons (Fsp3) is 0.571. The Balaban J connectivity index is 2.31. The highest BCUT2D eigenvalue weighted by Gasteiger charge is 2.17. The van der Waals surface area contributed by atoms with Gasteiger partial charge in [0.1, 0.15) is 10.6 Å². The molecule has 1 N–H and O–H groups in total. The molecule has 1 aromatic heterocycles. The van der Waals surface area contributed by atoms with Gasteiger partial charge < -0.3 is 9.87 Å². The van der Waals surface area contributed by atoms with Gasteiger partial charge in [-0.25, -0.2) is 0 Å². The van der Waals surface area contributed by atoms with Crippen LogP contribution in [0, 0.1) is 5.92 Å². The number of unbranched alkanes of at least 4 members (excludes halogenated alkanes) is 1. The molecule has 0 saturated carbocycles. The molecule has 4 nitrogen and oxygen atoms in total. The van der Waals surface area contributed by atoms with E-state index in [1.165, 1.54) is 17.5 Å². The van der Waals surface area contributed by atoms with Crippen LogP contribution in [0.2, 0.25) is 0 Å². The third kappa shape index (κ3) is 6.07. The lowest BCUT2D eigenvalue weighted by Gasteiger charge is -2.02. The summed E-state index contributed by atoms with van der Waals surface area (Å²) in [6.45, 7) is 6.76. The maximum absolute atomic E-state index is 11.9. The maximum atomic E-state index is 11.9. The fourth-order valence-corrected chi connectivity index (χ4v) is 3.44. The Hall–Kier alpha value is -0.850. The molecule has 1 rings (SSSR count). The monoisotopic (exact) mass is 314 g/mol. The van der Waals surface area contributed by atoms with Gasteiger partial charge in [0.05, 0.1) is 6.20 Å². The minimum absolute atomic E-state index is 0.130. The van der Waals surface area contributed by atoms with Gasteiger partial charge in [-0.05, 0) is 25.7 Å². The van der Waals surface area contributed by atoms with Crippen molar-refractivity contribution in [1.29, 1.82) is 0 Å². The first-order valence-corrected chi connectivity index (χ1v) is 8.97. The van der Waals surface area contributed by atoms with E-state index in [2.05, 4.69) is 36.3 Å². The molecule has 0 aromatic carbocycles. The second-order valence-corrected chi connectivity index (χ2v) is 7.64. The van der Waals surface area contributed by atoms with Gasteiger partial charge in [0, 0.05) is 17.7 Å². The van der Waals surface area contributed by atoms with Crippen molar-refractivity contribution in [3.05, 3.63) is 23.2 Å². The van der Waals surface area contributed by atoms with Crippen molar-refractivity contribution in [2.45, 2.75) is 38.0 Å². The maximum Gasteiger partial charge on any atom is 0.302 e. The van der Waals surface area contributed by atoms with Crippen molar-refractivity contribution >= 4 is 28.4 Å². The quantitative estimate of drug-likeness (QED) is 0.456. The van der Waals surface area contributed by atoms with Crippen LogP contribution in [0.3, 0.4) is 0 Å². The number of aromatic nitrogens is 1. The molecule has 1 atom stereocenters. The SMILES string of the molecule is CC[S+]([O-])c1ncc(C(=O)NCCC/C=C\C(C)C)s1. The fourth-order valence-electron chi connectivity index (χ4n) is 1.47. The normalized spacial score (nSPS) is 13.1. The molecule has 0 fully saturated rings. The van der Waals surface area contributed by atoms with Gasteiger partial charge in [-0.15, -0.1) is 0 Å². The van der Waals surface area contributed by atoms with E-state index in [-0.39, 0.29) is 5.91 Å². The molecule has 1 aromatic rings. The molecule has 0 spiro atoms. The highest BCUT2D eigenvalue weighted by Crippen LogP contribution is 2.19. The molecular formula is C14H22N2O2S2. The van der Waals surface area contributed by atoms with E-state index >= 15 is 0 Å². The summed E-state index contributed by atoms with van der Waals surface area (Å²) in [4.78, 5) is 16.4. The number of nitrogens with one attached hydrogen (secondary N) is 1. The summed E-state index contributed by atoms with van der Waals surface area (Å²) in [5, 5.41) is 2.86. The zero-order valence-corrected chi connectivity index (χ0v) is 13.9. The number of allylic oxidation sites excluding steroid dienone is 2. The Morgan fingerprint density at radius 1 is 1.60 bits per heavy atom. The molecule has 1 amide bonds. The van der Waals surface area contributed by atoms with E-state index in [4.69, 9.17) is 0 Å². The summed E-state index contributed by atoms with van der Waals surface area (Å²) in [7, 11) is 0. The predicted octanol–water partition coefficient (Wildman–Crippen LogP) is 2.99. The summed E-state index contributed by atoms with van der Waals surface area (Å²) in [5.74, 6) is 0.964. The molecule has 0 radical (unpaired) electrons. The van der Waals surface area contributed by atoms with Gasteiger partial charge in [0.2, 0.25) is 0 Å². The molecule has 0 aliphatic carbocycles. The second kappa shape index (κ2) is 9.15.